The molecule has 0 amide bonds. The highest BCUT2D eigenvalue weighted by Gasteiger charge is 2.13. The van der Waals surface area contributed by atoms with Crippen LogP contribution in [0.3, 0.4) is 0 Å². The summed E-state index contributed by atoms with van der Waals surface area (Å²) in [6.07, 6.45) is 1.14. The van der Waals surface area contributed by atoms with E-state index in [1.165, 1.54) is 0 Å². The predicted octanol–water partition coefficient (Wildman–Crippen LogP) is 2.33. The van der Waals surface area contributed by atoms with Crippen molar-refractivity contribution in [3.05, 3.63) is 36.5 Å². The maximum Gasteiger partial charge on any atom is 0.387 e. The lowest BCUT2D eigenvalue weighted by Crippen LogP contribution is -2.06. The number of benzene rings is 1. The Kier molecular flexibility index (Phi) is 3.13. The normalized spacial score (nSPS) is 10.5. The molecule has 17 heavy (non-hydrogen) atoms. The number of aromatic nitrogens is 2. The fourth-order valence-electron chi connectivity index (χ4n) is 1.37. The topological polar surface area (TPSA) is 61.0 Å². The van der Waals surface area contributed by atoms with Crippen LogP contribution in [0.1, 0.15) is 0 Å². The van der Waals surface area contributed by atoms with E-state index in [4.69, 9.17) is 5.73 Å². The lowest BCUT2D eigenvalue weighted by atomic mass is 10.1. The summed E-state index contributed by atoms with van der Waals surface area (Å²) in [5.41, 5.74) is 6.32. The summed E-state index contributed by atoms with van der Waals surface area (Å²) in [6.45, 7) is -2.93. The number of hydrogen-bond acceptors (Lipinski definition) is 4. The van der Waals surface area contributed by atoms with Crippen molar-refractivity contribution in [2.24, 2.45) is 0 Å². The first-order valence-corrected chi connectivity index (χ1v) is 4.79. The molecule has 0 saturated carbocycles. The molecule has 0 unspecified atom stereocenters. The van der Waals surface area contributed by atoms with Gasteiger partial charge < -0.3 is 10.5 Å². The molecular formula is C11H9F2N3O. The van der Waals surface area contributed by atoms with E-state index in [0.29, 0.717) is 5.56 Å². The van der Waals surface area contributed by atoms with Crippen LogP contribution < -0.4 is 10.5 Å². The molecule has 0 fully saturated rings. The molecule has 6 heteroatoms. The molecule has 0 bridgehead atoms. The Morgan fingerprint density at radius 3 is 2.53 bits per heavy atom. The van der Waals surface area contributed by atoms with Crippen molar-refractivity contribution >= 4 is 5.95 Å². The third-order valence-corrected chi connectivity index (χ3v) is 2.04. The van der Waals surface area contributed by atoms with Crippen molar-refractivity contribution in [3.8, 4) is 17.0 Å². The van der Waals surface area contributed by atoms with Crippen molar-refractivity contribution in [2.75, 3.05) is 5.73 Å². The minimum atomic E-state index is -2.93. The average molecular weight is 237 g/mol. The summed E-state index contributed by atoms with van der Waals surface area (Å²) in [6, 6.07) is 8.78. The van der Waals surface area contributed by atoms with Crippen molar-refractivity contribution in [1.82, 2.24) is 9.97 Å². The Morgan fingerprint density at radius 2 is 1.88 bits per heavy atom. The summed E-state index contributed by atoms with van der Waals surface area (Å²) in [7, 11) is 0. The second-order valence-electron chi connectivity index (χ2n) is 3.19. The van der Waals surface area contributed by atoms with Gasteiger partial charge in [0.05, 0.1) is 6.20 Å². The van der Waals surface area contributed by atoms with Crippen LogP contribution in [0.25, 0.3) is 11.3 Å². The van der Waals surface area contributed by atoms with Crippen LogP contribution in [0.2, 0.25) is 0 Å². The number of nitrogens with zero attached hydrogens (tertiary/aromatic N) is 2. The molecule has 0 aliphatic heterocycles. The quantitative estimate of drug-likeness (QED) is 0.889. The monoisotopic (exact) mass is 237 g/mol. The van der Waals surface area contributed by atoms with Gasteiger partial charge in [0.1, 0.15) is 5.69 Å². The highest BCUT2D eigenvalue weighted by atomic mass is 19.3. The van der Waals surface area contributed by atoms with Gasteiger partial charge in [0.15, 0.2) is 5.75 Å². The molecule has 2 N–H and O–H groups in total. The smallest absolute Gasteiger partial charge is 0.387 e. The van der Waals surface area contributed by atoms with E-state index in [1.807, 2.05) is 6.07 Å². The first-order valence-electron chi connectivity index (χ1n) is 4.79. The maximum absolute atomic E-state index is 12.2. The van der Waals surface area contributed by atoms with Gasteiger partial charge >= 0.3 is 6.61 Å². The lowest BCUT2D eigenvalue weighted by Gasteiger charge is -2.09. The number of nitrogen functional groups attached to an aromatic ring is 1. The highest BCUT2D eigenvalue weighted by Crippen LogP contribution is 2.28. The first kappa shape index (κ1) is 11.3. The molecule has 0 saturated heterocycles. The molecule has 4 nitrogen and oxygen atoms in total. The fraction of sp³-hybridized carbons (Fsp3) is 0.0909. The largest absolute Gasteiger partial charge is 0.431 e. The molecule has 0 aliphatic carbocycles. The van der Waals surface area contributed by atoms with Crippen molar-refractivity contribution in [1.29, 1.82) is 0 Å². The van der Waals surface area contributed by atoms with E-state index >= 15 is 0 Å². The summed E-state index contributed by atoms with van der Waals surface area (Å²) < 4.78 is 28.8. The van der Waals surface area contributed by atoms with E-state index in [9.17, 15) is 8.78 Å². The second-order valence-corrected chi connectivity index (χ2v) is 3.19. The number of nitrogens with two attached hydrogens (primary N) is 1. The molecule has 0 aliphatic rings. The molecule has 0 atom stereocenters. The molecule has 0 radical (unpaired) electrons. The van der Waals surface area contributed by atoms with Crippen LogP contribution in [0.15, 0.2) is 36.5 Å². The van der Waals surface area contributed by atoms with Gasteiger partial charge in [-0.3, -0.25) is 0 Å². The minimum Gasteiger partial charge on any atom is -0.431 e. The molecule has 0 spiro atoms. The molecule has 88 valence electrons. The summed E-state index contributed by atoms with van der Waals surface area (Å²) in [5, 5.41) is 0. The molecule has 1 aromatic heterocycles. The zero-order valence-electron chi connectivity index (χ0n) is 8.68. The predicted molar refractivity (Wildman–Crippen MR) is 58.5 cm³/mol. The van der Waals surface area contributed by atoms with Crippen molar-refractivity contribution in [3.63, 3.8) is 0 Å². The van der Waals surface area contributed by atoms with Gasteiger partial charge in [-0.15, -0.1) is 0 Å². The lowest BCUT2D eigenvalue weighted by molar-refractivity contribution is -0.0498. The summed E-state index contributed by atoms with van der Waals surface area (Å²) in [5.74, 6) is -0.0918. The average Bonchev–Trinajstić information content (AvgIpc) is 2.32. The van der Waals surface area contributed by atoms with Gasteiger partial charge in [-0.1, -0.05) is 30.3 Å². The van der Waals surface area contributed by atoms with E-state index in [-0.39, 0.29) is 17.4 Å². The molecule has 1 aromatic carbocycles. The van der Waals surface area contributed by atoms with Crippen LogP contribution in [0, 0.1) is 0 Å². The van der Waals surface area contributed by atoms with Crippen molar-refractivity contribution < 1.29 is 13.5 Å². The Bertz CT molecular complexity index is 505. The van der Waals surface area contributed by atoms with Crippen LogP contribution >= 0.6 is 0 Å². The standard InChI is InChI=1S/C11H9F2N3O/c12-10(13)17-8-6-15-11(14)16-9(8)7-4-2-1-3-5-7/h1-6,10H,(H2,14,15,16). The number of ether oxygens (including phenoxy) is 1. The van der Waals surface area contributed by atoms with E-state index in [1.54, 1.807) is 24.3 Å². The van der Waals surface area contributed by atoms with E-state index in [2.05, 4.69) is 14.7 Å². The number of alkyl halides is 2. The van der Waals surface area contributed by atoms with E-state index < -0.39 is 6.61 Å². The van der Waals surface area contributed by atoms with Crippen LogP contribution in [-0.4, -0.2) is 16.6 Å². The zero-order valence-corrected chi connectivity index (χ0v) is 8.68. The second kappa shape index (κ2) is 4.73. The van der Waals surface area contributed by atoms with Crippen LogP contribution in [0.5, 0.6) is 5.75 Å². The fourth-order valence-corrected chi connectivity index (χ4v) is 1.37. The maximum atomic E-state index is 12.2. The van der Waals surface area contributed by atoms with Gasteiger partial charge in [-0.05, 0) is 0 Å². The number of hydrogen-bond donors (Lipinski definition) is 1. The van der Waals surface area contributed by atoms with Gasteiger partial charge in [0, 0.05) is 5.56 Å². The Labute approximate surface area is 96.1 Å². The first-order chi connectivity index (χ1) is 8.16. The Morgan fingerprint density at radius 1 is 1.18 bits per heavy atom. The zero-order chi connectivity index (χ0) is 12.3. The molecule has 1 heterocycles. The summed E-state index contributed by atoms with van der Waals surface area (Å²) in [4.78, 5) is 7.53. The van der Waals surface area contributed by atoms with Crippen molar-refractivity contribution in [2.45, 2.75) is 6.61 Å². The van der Waals surface area contributed by atoms with Crippen LogP contribution in [-0.2, 0) is 0 Å². The van der Waals surface area contributed by atoms with Gasteiger partial charge in [-0.25, -0.2) is 9.97 Å². The number of halogens is 2. The van der Waals surface area contributed by atoms with Gasteiger partial charge in [0.2, 0.25) is 5.95 Å². The van der Waals surface area contributed by atoms with E-state index in [0.717, 1.165) is 6.20 Å². The highest BCUT2D eigenvalue weighted by molar-refractivity contribution is 5.66. The SMILES string of the molecule is Nc1ncc(OC(F)F)c(-c2ccccc2)n1. The Hall–Kier alpha value is -2.24. The molecule has 2 aromatic rings. The molecule has 2 rings (SSSR count). The third-order valence-electron chi connectivity index (χ3n) is 2.04. The third kappa shape index (κ3) is 2.66. The number of anilines is 1. The Balaban J connectivity index is 2.47. The summed E-state index contributed by atoms with van der Waals surface area (Å²) >= 11 is 0. The molecular weight excluding hydrogens is 228 g/mol. The minimum absolute atomic E-state index is 0.00506. The number of rotatable bonds is 3. The van der Waals surface area contributed by atoms with Gasteiger partial charge in [-0.2, -0.15) is 8.78 Å². The van der Waals surface area contributed by atoms with Crippen LogP contribution in [0.4, 0.5) is 14.7 Å². The van der Waals surface area contributed by atoms with Gasteiger partial charge in [0.25, 0.3) is 0 Å².